The molecule has 0 unspecified atom stereocenters. The van der Waals surface area contributed by atoms with Crippen molar-refractivity contribution in [1.29, 1.82) is 0 Å². The smallest absolute Gasteiger partial charge is 0.164 e. The van der Waals surface area contributed by atoms with Crippen LogP contribution in [0.1, 0.15) is 19.4 Å². The van der Waals surface area contributed by atoms with Crippen molar-refractivity contribution in [3.63, 3.8) is 0 Å². The van der Waals surface area contributed by atoms with E-state index in [0.717, 1.165) is 66.9 Å². The molecule has 0 aliphatic rings. The molecule has 4 aromatic heterocycles. The van der Waals surface area contributed by atoms with Crippen molar-refractivity contribution in [3.05, 3.63) is 321 Å². The molecule has 0 aliphatic heterocycles. The Morgan fingerprint density at radius 1 is 0.222 bits per heavy atom. The van der Waals surface area contributed by atoms with Gasteiger partial charge in [-0.25, -0.2) is 15.0 Å². The highest BCUT2D eigenvalue weighted by molar-refractivity contribution is 6.13. The van der Waals surface area contributed by atoms with E-state index in [1.807, 2.05) is 36.4 Å². The Morgan fingerprint density at radius 2 is 0.489 bits per heavy atom. The van der Waals surface area contributed by atoms with Gasteiger partial charge in [-0.05, 0) is 125 Å². The van der Waals surface area contributed by atoms with Crippen molar-refractivity contribution >= 4 is 65.4 Å². The molecule has 17 rings (SSSR count). The summed E-state index contributed by atoms with van der Waals surface area (Å²) in [6, 6.07) is 114. The SMILES string of the molecule is CC(C)(c1ccc(-c2nc(-c3ccccc3)nc(-c3ccccc3)n2)cc1)n1c2cc(-c3ccc(-n4c5ccccc5c5ccc(-c6ccccc6)cc54)cc3)ccc2c2ccc(-c3ccc(-n4c5ccccc5c5ccc(-c6ccccc6)cc54)cc3)cc21. The Balaban J connectivity index is 0.786. The van der Waals surface area contributed by atoms with Crippen LogP contribution in [0.3, 0.4) is 0 Å². The Morgan fingerprint density at radius 3 is 0.867 bits per heavy atom. The van der Waals surface area contributed by atoms with Crippen LogP contribution >= 0.6 is 0 Å². The molecule has 4 heterocycles. The quantitative estimate of drug-likeness (QED) is 0.130. The van der Waals surface area contributed by atoms with Crippen LogP contribution < -0.4 is 0 Å². The second-order valence-corrected chi connectivity index (χ2v) is 24.0. The number of hydrogen-bond donors (Lipinski definition) is 0. The largest absolute Gasteiger partial charge is 0.331 e. The molecule has 0 radical (unpaired) electrons. The topological polar surface area (TPSA) is 53.5 Å². The van der Waals surface area contributed by atoms with Crippen molar-refractivity contribution in [2.75, 3.05) is 0 Å². The van der Waals surface area contributed by atoms with Gasteiger partial charge >= 0.3 is 0 Å². The Kier molecular flexibility index (Phi) is 12.4. The first-order chi connectivity index (χ1) is 44.4. The fourth-order valence-corrected chi connectivity index (χ4v) is 13.8. The van der Waals surface area contributed by atoms with E-state index in [1.54, 1.807) is 0 Å². The van der Waals surface area contributed by atoms with Gasteiger partial charge in [0.05, 0.1) is 38.6 Å². The lowest BCUT2D eigenvalue weighted by atomic mass is 9.92. The van der Waals surface area contributed by atoms with Gasteiger partial charge in [0.15, 0.2) is 17.5 Å². The summed E-state index contributed by atoms with van der Waals surface area (Å²) in [5.74, 6) is 1.90. The number of rotatable bonds is 11. The van der Waals surface area contributed by atoms with Crippen LogP contribution in [0.5, 0.6) is 0 Å². The lowest BCUT2D eigenvalue weighted by Crippen LogP contribution is -2.27. The molecule has 6 heteroatoms. The summed E-state index contributed by atoms with van der Waals surface area (Å²) < 4.78 is 7.40. The highest BCUT2D eigenvalue weighted by Gasteiger charge is 2.29. The molecule has 0 spiro atoms. The summed E-state index contributed by atoms with van der Waals surface area (Å²) >= 11 is 0. The summed E-state index contributed by atoms with van der Waals surface area (Å²) in [5, 5.41) is 7.35. The second kappa shape index (κ2) is 21.3. The fraction of sp³-hybridized carbons (Fsp3) is 0.0357. The van der Waals surface area contributed by atoms with E-state index in [9.17, 15) is 0 Å². The summed E-state index contributed by atoms with van der Waals surface area (Å²) in [6.45, 7) is 4.69. The number of fused-ring (bicyclic) bond motifs is 9. The van der Waals surface area contributed by atoms with Crippen molar-refractivity contribution < 1.29 is 0 Å². The summed E-state index contributed by atoms with van der Waals surface area (Å²) in [5.41, 5.74) is 22.1. The number of nitrogens with zero attached hydrogens (tertiary/aromatic N) is 6. The third kappa shape index (κ3) is 8.91. The summed E-state index contributed by atoms with van der Waals surface area (Å²) in [7, 11) is 0. The molecule has 17 aromatic rings. The molecule has 0 amide bonds. The minimum atomic E-state index is -0.544. The molecule has 6 nitrogen and oxygen atoms in total. The van der Waals surface area contributed by atoms with E-state index < -0.39 is 5.54 Å². The third-order valence-electron chi connectivity index (χ3n) is 18.4. The van der Waals surface area contributed by atoms with Gasteiger partial charge in [-0.1, -0.05) is 255 Å². The van der Waals surface area contributed by atoms with Gasteiger partial charge < -0.3 is 13.7 Å². The van der Waals surface area contributed by atoms with Crippen LogP contribution in [-0.2, 0) is 5.54 Å². The molecule has 424 valence electrons. The van der Waals surface area contributed by atoms with Gasteiger partial charge in [-0.2, -0.15) is 0 Å². The van der Waals surface area contributed by atoms with E-state index in [0.29, 0.717) is 17.5 Å². The number of aromatic nitrogens is 6. The number of hydrogen-bond acceptors (Lipinski definition) is 3. The molecule has 0 saturated heterocycles. The molecule has 0 bridgehead atoms. The van der Waals surface area contributed by atoms with Gasteiger partial charge in [-0.3, -0.25) is 0 Å². The zero-order valence-corrected chi connectivity index (χ0v) is 49.7. The second-order valence-electron chi connectivity index (χ2n) is 24.0. The van der Waals surface area contributed by atoms with Crippen LogP contribution in [-0.4, -0.2) is 28.7 Å². The zero-order valence-electron chi connectivity index (χ0n) is 49.7. The maximum Gasteiger partial charge on any atom is 0.164 e. The molecule has 0 aliphatic carbocycles. The van der Waals surface area contributed by atoms with E-state index >= 15 is 0 Å². The molecule has 0 atom stereocenters. The molecule has 90 heavy (non-hydrogen) atoms. The highest BCUT2D eigenvalue weighted by Crippen LogP contribution is 2.43. The van der Waals surface area contributed by atoms with Crippen molar-refractivity contribution in [1.82, 2.24) is 28.7 Å². The minimum Gasteiger partial charge on any atom is -0.331 e. The standard InChI is InChI=1S/C84H58N6/c1-84(2,66-41-31-61(32-42-66)83-86-81(59-23-11-5-12-24-59)85-82(87-83)60-25-13-6-14-26-60)90-79-53-64(57-33-43-67(44-34-57)88-75-29-17-15-27-69(75)71-47-37-62(51-77(71)88)55-19-7-3-8-20-55)39-49-73(79)74-50-40-65(54-80(74)90)58-35-45-68(46-36-58)89-76-30-18-16-28-70(76)72-48-38-63(52-78(72)89)56-21-9-4-10-22-56/h3-54H,1-2H3. The van der Waals surface area contributed by atoms with E-state index in [4.69, 9.17) is 15.0 Å². The third-order valence-corrected chi connectivity index (χ3v) is 18.4. The first-order valence-electron chi connectivity index (χ1n) is 30.8. The van der Waals surface area contributed by atoms with Gasteiger partial charge in [0, 0.05) is 60.4 Å². The molecule has 0 N–H and O–H groups in total. The van der Waals surface area contributed by atoms with E-state index in [-0.39, 0.29) is 0 Å². The lowest BCUT2D eigenvalue weighted by molar-refractivity contribution is 0.465. The molecule has 0 saturated carbocycles. The predicted molar refractivity (Wildman–Crippen MR) is 374 cm³/mol. The molecule has 0 fully saturated rings. The lowest BCUT2D eigenvalue weighted by Gasteiger charge is -2.30. The number of para-hydroxylation sites is 2. The minimum absolute atomic E-state index is 0.544. The van der Waals surface area contributed by atoms with Crippen molar-refractivity contribution in [3.8, 4) is 90.0 Å². The maximum atomic E-state index is 5.09. The monoisotopic (exact) mass is 1150 g/mol. The average Bonchev–Trinajstić information content (AvgIpc) is 1.64. The predicted octanol–water partition coefficient (Wildman–Crippen LogP) is 21.6. The van der Waals surface area contributed by atoms with Crippen LogP contribution in [0.25, 0.3) is 155 Å². The summed E-state index contributed by atoms with van der Waals surface area (Å²) in [6.07, 6.45) is 0. The maximum absolute atomic E-state index is 5.09. The normalized spacial score (nSPS) is 11.9. The molecule has 13 aromatic carbocycles. The summed E-state index contributed by atoms with van der Waals surface area (Å²) in [4.78, 5) is 15.2. The van der Waals surface area contributed by atoms with Gasteiger partial charge in [-0.15, -0.1) is 0 Å². The van der Waals surface area contributed by atoms with Gasteiger partial charge in [0.25, 0.3) is 0 Å². The Bertz CT molecular complexity index is 5250. The van der Waals surface area contributed by atoms with E-state index in [2.05, 4.69) is 307 Å². The fourth-order valence-electron chi connectivity index (χ4n) is 13.8. The molecular formula is C84H58N6. The first kappa shape index (κ1) is 52.6. The van der Waals surface area contributed by atoms with Crippen LogP contribution in [0, 0.1) is 0 Å². The van der Waals surface area contributed by atoms with Gasteiger partial charge in [0.1, 0.15) is 0 Å². The molecular weight excluding hydrogens is 1090 g/mol. The van der Waals surface area contributed by atoms with Gasteiger partial charge in [0.2, 0.25) is 0 Å². The first-order valence-corrected chi connectivity index (χ1v) is 30.8. The Labute approximate surface area is 521 Å². The van der Waals surface area contributed by atoms with Crippen LogP contribution in [0.2, 0.25) is 0 Å². The van der Waals surface area contributed by atoms with Crippen molar-refractivity contribution in [2.24, 2.45) is 0 Å². The average molecular weight is 1150 g/mol. The van der Waals surface area contributed by atoms with Crippen molar-refractivity contribution in [2.45, 2.75) is 19.4 Å². The Hall–Kier alpha value is -11.7. The van der Waals surface area contributed by atoms with Crippen LogP contribution in [0.4, 0.5) is 0 Å². The number of benzene rings is 13. The van der Waals surface area contributed by atoms with E-state index in [1.165, 1.54) is 76.6 Å². The van der Waals surface area contributed by atoms with Crippen LogP contribution in [0.15, 0.2) is 315 Å². The zero-order chi connectivity index (χ0) is 59.9. The highest BCUT2D eigenvalue weighted by atomic mass is 15.1.